The lowest BCUT2D eigenvalue weighted by molar-refractivity contribution is -0.128. The second kappa shape index (κ2) is 7.26. The van der Waals surface area contributed by atoms with E-state index in [0.717, 1.165) is 31.2 Å². The van der Waals surface area contributed by atoms with E-state index in [1.54, 1.807) is 0 Å². The molecule has 2 rings (SSSR count). The highest BCUT2D eigenvalue weighted by atomic mass is 16.5. The molecule has 4 heteroatoms. The minimum absolute atomic E-state index is 0.0398. The molecule has 0 spiro atoms. The molecule has 0 radical (unpaired) electrons. The predicted molar refractivity (Wildman–Crippen MR) is 72.5 cm³/mol. The van der Waals surface area contributed by atoms with Crippen LogP contribution in [0.1, 0.15) is 31.2 Å². The molecule has 1 saturated carbocycles. The molecule has 1 aromatic carbocycles. The summed E-state index contributed by atoms with van der Waals surface area (Å²) in [5.41, 5.74) is 1.05. The summed E-state index contributed by atoms with van der Waals surface area (Å²) in [6.45, 7) is 0.472. The van der Waals surface area contributed by atoms with E-state index in [9.17, 15) is 9.90 Å². The van der Waals surface area contributed by atoms with Crippen molar-refractivity contribution < 1.29 is 14.6 Å². The first kappa shape index (κ1) is 14.0. The maximum atomic E-state index is 11.7. The standard InChI is InChI=1S/C15H21NO3/c17-14-9-5-4-8-13(14)16-15(18)11-19-10-12-6-2-1-3-7-12/h1-3,6-7,13-14,17H,4-5,8-11H2,(H,16,18)/t13-,14-/m0/s1. The summed E-state index contributed by atoms with van der Waals surface area (Å²) in [4.78, 5) is 11.7. The van der Waals surface area contributed by atoms with Crippen molar-refractivity contribution in [3.8, 4) is 0 Å². The number of aliphatic hydroxyl groups is 1. The molecule has 4 nitrogen and oxygen atoms in total. The summed E-state index contributed by atoms with van der Waals surface area (Å²) in [7, 11) is 0. The second-order valence-corrected chi connectivity index (χ2v) is 5.00. The normalized spacial score (nSPS) is 23.0. The molecule has 0 unspecified atom stereocenters. The average molecular weight is 263 g/mol. The molecule has 1 aliphatic carbocycles. The summed E-state index contributed by atoms with van der Waals surface area (Å²) in [6.07, 6.45) is 3.32. The molecule has 1 aromatic rings. The molecule has 104 valence electrons. The second-order valence-electron chi connectivity index (χ2n) is 5.00. The zero-order chi connectivity index (χ0) is 13.5. The summed E-state index contributed by atoms with van der Waals surface area (Å²) in [5, 5.41) is 12.6. The van der Waals surface area contributed by atoms with Crippen LogP contribution in [0.2, 0.25) is 0 Å². The Hall–Kier alpha value is -1.39. The number of nitrogens with one attached hydrogen (secondary N) is 1. The first-order valence-electron chi connectivity index (χ1n) is 6.85. The number of hydrogen-bond acceptors (Lipinski definition) is 3. The Balaban J connectivity index is 1.67. The van der Waals surface area contributed by atoms with Crippen LogP contribution in [-0.2, 0) is 16.1 Å². The fourth-order valence-electron chi connectivity index (χ4n) is 2.36. The quantitative estimate of drug-likeness (QED) is 0.848. The van der Waals surface area contributed by atoms with Crippen molar-refractivity contribution >= 4 is 5.91 Å². The van der Waals surface area contributed by atoms with Crippen molar-refractivity contribution in [3.05, 3.63) is 35.9 Å². The van der Waals surface area contributed by atoms with Crippen LogP contribution in [-0.4, -0.2) is 29.8 Å². The van der Waals surface area contributed by atoms with Crippen molar-refractivity contribution in [3.63, 3.8) is 0 Å². The van der Waals surface area contributed by atoms with Crippen LogP contribution in [0, 0.1) is 0 Å². The highest BCUT2D eigenvalue weighted by Crippen LogP contribution is 2.18. The smallest absolute Gasteiger partial charge is 0.246 e. The molecule has 0 heterocycles. The molecule has 2 atom stereocenters. The van der Waals surface area contributed by atoms with Gasteiger partial charge in [-0.25, -0.2) is 0 Å². The largest absolute Gasteiger partial charge is 0.391 e. The third kappa shape index (κ3) is 4.65. The molecule has 0 aliphatic heterocycles. The number of benzene rings is 1. The van der Waals surface area contributed by atoms with E-state index in [2.05, 4.69) is 5.32 Å². The van der Waals surface area contributed by atoms with E-state index in [0.29, 0.717) is 6.61 Å². The molecular weight excluding hydrogens is 242 g/mol. The third-order valence-corrected chi connectivity index (χ3v) is 3.42. The first-order valence-corrected chi connectivity index (χ1v) is 6.85. The number of hydrogen-bond donors (Lipinski definition) is 2. The minimum Gasteiger partial charge on any atom is -0.391 e. The zero-order valence-electron chi connectivity index (χ0n) is 11.0. The van der Waals surface area contributed by atoms with Crippen LogP contribution in [0.5, 0.6) is 0 Å². The van der Waals surface area contributed by atoms with Crippen LogP contribution >= 0.6 is 0 Å². The van der Waals surface area contributed by atoms with E-state index in [-0.39, 0.29) is 18.6 Å². The summed E-state index contributed by atoms with van der Waals surface area (Å²) >= 11 is 0. The molecule has 2 N–H and O–H groups in total. The van der Waals surface area contributed by atoms with Gasteiger partial charge in [0.05, 0.1) is 18.8 Å². The van der Waals surface area contributed by atoms with E-state index in [1.165, 1.54) is 0 Å². The Bertz CT molecular complexity index is 394. The lowest BCUT2D eigenvalue weighted by Gasteiger charge is -2.28. The van der Waals surface area contributed by atoms with Crippen LogP contribution in [0.4, 0.5) is 0 Å². The van der Waals surface area contributed by atoms with Gasteiger partial charge in [0, 0.05) is 0 Å². The Morgan fingerprint density at radius 2 is 2.00 bits per heavy atom. The summed E-state index contributed by atoms with van der Waals surface area (Å²) in [6, 6.07) is 9.64. The van der Waals surface area contributed by atoms with Gasteiger partial charge < -0.3 is 15.2 Å². The molecule has 1 amide bonds. The highest BCUT2D eigenvalue weighted by molar-refractivity contribution is 5.77. The van der Waals surface area contributed by atoms with Gasteiger partial charge in [-0.2, -0.15) is 0 Å². The Morgan fingerprint density at radius 3 is 2.74 bits per heavy atom. The van der Waals surface area contributed by atoms with Crippen molar-refractivity contribution in [2.45, 2.75) is 44.4 Å². The summed E-state index contributed by atoms with van der Waals surface area (Å²) < 4.78 is 5.36. The molecule has 0 bridgehead atoms. The number of ether oxygens (including phenoxy) is 1. The van der Waals surface area contributed by atoms with Crippen LogP contribution < -0.4 is 5.32 Å². The fourth-order valence-corrected chi connectivity index (χ4v) is 2.36. The fraction of sp³-hybridized carbons (Fsp3) is 0.533. The van der Waals surface area contributed by atoms with Gasteiger partial charge in [-0.3, -0.25) is 4.79 Å². The van der Waals surface area contributed by atoms with E-state index >= 15 is 0 Å². The molecule has 1 aliphatic rings. The van der Waals surface area contributed by atoms with Gasteiger partial charge in [0.2, 0.25) is 5.91 Å². The molecule has 0 saturated heterocycles. The van der Waals surface area contributed by atoms with Crippen molar-refractivity contribution in [1.82, 2.24) is 5.32 Å². The predicted octanol–water partition coefficient (Wildman–Crippen LogP) is 1.62. The van der Waals surface area contributed by atoms with Crippen molar-refractivity contribution in [2.24, 2.45) is 0 Å². The molecular formula is C15H21NO3. The van der Waals surface area contributed by atoms with E-state index < -0.39 is 6.10 Å². The van der Waals surface area contributed by atoms with Gasteiger partial charge in [0.1, 0.15) is 6.61 Å². The molecule has 0 aromatic heterocycles. The molecule has 1 fully saturated rings. The van der Waals surface area contributed by atoms with Gasteiger partial charge in [0.25, 0.3) is 0 Å². The topological polar surface area (TPSA) is 58.6 Å². The SMILES string of the molecule is O=C(COCc1ccccc1)N[C@H]1CCCC[C@@H]1O. The number of aliphatic hydroxyl groups excluding tert-OH is 1. The van der Waals surface area contributed by atoms with Gasteiger partial charge in [-0.15, -0.1) is 0 Å². The van der Waals surface area contributed by atoms with Gasteiger partial charge >= 0.3 is 0 Å². The first-order chi connectivity index (χ1) is 9.25. The lowest BCUT2D eigenvalue weighted by Crippen LogP contribution is -2.46. The van der Waals surface area contributed by atoms with Gasteiger partial charge in [0.15, 0.2) is 0 Å². The number of amides is 1. The van der Waals surface area contributed by atoms with E-state index in [4.69, 9.17) is 4.74 Å². The molecule has 19 heavy (non-hydrogen) atoms. The number of carbonyl (C=O) groups is 1. The zero-order valence-corrected chi connectivity index (χ0v) is 11.0. The van der Waals surface area contributed by atoms with Crippen molar-refractivity contribution in [2.75, 3.05) is 6.61 Å². The maximum absolute atomic E-state index is 11.7. The minimum atomic E-state index is -0.410. The van der Waals surface area contributed by atoms with Crippen LogP contribution in [0.25, 0.3) is 0 Å². The lowest BCUT2D eigenvalue weighted by atomic mass is 9.92. The van der Waals surface area contributed by atoms with Crippen LogP contribution in [0.15, 0.2) is 30.3 Å². The highest BCUT2D eigenvalue weighted by Gasteiger charge is 2.24. The third-order valence-electron chi connectivity index (χ3n) is 3.42. The van der Waals surface area contributed by atoms with Gasteiger partial charge in [-0.1, -0.05) is 43.2 Å². The van der Waals surface area contributed by atoms with Crippen molar-refractivity contribution in [1.29, 1.82) is 0 Å². The van der Waals surface area contributed by atoms with E-state index in [1.807, 2.05) is 30.3 Å². The van der Waals surface area contributed by atoms with Gasteiger partial charge in [-0.05, 0) is 18.4 Å². The number of rotatable bonds is 5. The Labute approximate surface area is 113 Å². The Morgan fingerprint density at radius 1 is 1.26 bits per heavy atom. The summed E-state index contributed by atoms with van der Waals surface area (Å²) in [5.74, 6) is -0.151. The average Bonchev–Trinajstić information content (AvgIpc) is 2.43. The number of carbonyl (C=O) groups excluding carboxylic acids is 1. The van der Waals surface area contributed by atoms with Crippen LogP contribution in [0.3, 0.4) is 0 Å². The monoisotopic (exact) mass is 263 g/mol. The maximum Gasteiger partial charge on any atom is 0.246 e. The Kier molecular flexibility index (Phi) is 5.36.